The van der Waals surface area contributed by atoms with Crippen molar-refractivity contribution in [1.82, 2.24) is 5.73 Å². The molecule has 0 aromatic rings. The average Bonchev–Trinajstić information content (AvgIpc) is 1.96. The van der Waals surface area contributed by atoms with E-state index in [2.05, 4.69) is 6.58 Å². The van der Waals surface area contributed by atoms with E-state index < -0.39 is 5.91 Å². The number of allylic oxidation sites excluding steroid dienone is 1. The molecule has 0 saturated carbocycles. The van der Waals surface area contributed by atoms with E-state index in [0.717, 1.165) is 32.1 Å². The topological polar surface area (TPSA) is 40.9 Å². The van der Waals surface area contributed by atoms with E-state index in [4.69, 9.17) is 5.73 Å². The zero-order chi connectivity index (χ0) is 8.53. The van der Waals surface area contributed by atoms with Crippen molar-refractivity contribution >= 4 is 5.91 Å². The first-order valence-corrected chi connectivity index (χ1v) is 4.12. The van der Waals surface area contributed by atoms with Gasteiger partial charge in [-0.25, -0.2) is 0 Å². The average molecular weight is 154 g/mol. The smallest absolute Gasteiger partial charge is 0.238 e. The minimum Gasteiger partial charge on any atom is -0.273 e. The Balaban J connectivity index is 2.90. The molecule has 0 aliphatic carbocycles. The molecule has 0 bridgehead atoms. The molecule has 1 amide bonds. The predicted octanol–water partition coefficient (Wildman–Crippen LogP) is 2.32. The van der Waals surface area contributed by atoms with Gasteiger partial charge in [-0.1, -0.05) is 18.9 Å². The minimum absolute atomic E-state index is 0.425. The molecule has 0 aromatic carbocycles. The highest BCUT2D eigenvalue weighted by molar-refractivity contribution is 5.72. The molecular weight excluding hydrogens is 138 g/mol. The van der Waals surface area contributed by atoms with Gasteiger partial charge in [-0.3, -0.25) is 10.5 Å². The number of hydrogen-bond donors (Lipinski definition) is 0. The van der Waals surface area contributed by atoms with Crippen molar-refractivity contribution in [3.8, 4) is 0 Å². The van der Waals surface area contributed by atoms with Crippen LogP contribution in [-0.4, -0.2) is 5.91 Å². The lowest BCUT2D eigenvalue weighted by atomic mass is 10.1. The Morgan fingerprint density at radius 2 is 1.91 bits per heavy atom. The third kappa shape index (κ3) is 9.21. The van der Waals surface area contributed by atoms with Crippen LogP contribution >= 0.6 is 0 Å². The molecule has 0 aliphatic rings. The quantitative estimate of drug-likeness (QED) is 0.410. The Morgan fingerprint density at radius 1 is 1.27 bits per heavy atom. The summed E-state index contributed by atoms with van der Waals surface area (Å²) in [5, 5.41) is 0. The maximum atomic E-state index is 10.2. The van der Waals surface area contributed by atoms with E-state index in [0.29, 0.717) is 6.42 Å². The minimum atomic E-state index is -0.436. The summed E-state index contributed by atoms with van der Waals surface area (Å²) in [7, 11) is 0. The van der Waals surface area contributed by atoms with Gasteiger partial charge in [-0.2, -0.15) is 0 Å². The highest BCUT2D eigenvalue weighted by Gasteiger charge is 1.93. The van der Waals surface area contributed by atoms with Gasteiger partial charge in [0.15, 0.2) is 0 Å². The summed E-state index contributed by atoms with van der Waals surface area (Å²) in [6.45, 7) is 3.62. The zero-order valence-corrected chi connectivity index (χ0v) is 6.94. The first kappa shape index (κ1) is 10.2. The molecule has 1 radical (unpaired) electrons. The van der Waals surface area contributed by atoms with E-state index in [1.54, 1.807) is 0 Å². The normalized spacial score (nSPS) is 9.45. The molecule has 63 valence electrons. The van der Waals surface area contributed by atoms with Crippen molar-refractivity contribution < 1.29 is 4.79 Å². The second-order valence-corrected chi connectivity index (χ2v) is 2.66. The second-order valence-electron chi connectivity index (χ2n) is 2.66. The van der Waals surface area contributed by atoms with Gasteiger partial charge >= 0.3 is 0 Å². The Bertz CT molecular complexity index is 121. The molecule has 0 heterocycles. The van der Waals surface area contributed by atoms with Gasteiger partial charge in [0, 0.05) is 6.42 Å². The van der Waals surface area contributed by atoms with Crippen molar-refractivity contribution in [3.63, 3.8) is 0 Å². The third-order valence-electron chi connectivity index (χ3n) is 1.56. The highest BCUT2D eigenvalue weighted by Crippen LogP contribution is 2.04. The SMILES string of the molecule is C=CCCCCCCC([NH])=O. The fourth-order valence-electron chi connectivity index (χ4n) is 0.928. The van der Waals surface area contributed by atoms with Crippen molar-refractivity contribution in [2.24, 2.45) is 0 Å². The molecule has 0 saturated heterocycles. The summed E-state index contributed by atoms with van der Waals surface area (Å²) in [5.41, 5.74) is 6.64. The highest BCUT2D eigenvalue weighted by atomic mass is 16.1. The summed E-state index contributed by atoms with van der Waals surface area (Å²) in [4.78, 5) is 10.2. The number of hydrogen-bond acceptors (Lipinski definition) is 1. The third-order valence-corrected chi connectivity index (χ3v) is 1.56. The van der Waals surface area contributed by atoms with E-state index in [9.17, 15) is 4.79 Å². The number of carbonyl (C=O) groups excluding carboxylic acids is 1. The van der Waals surface area contributed by atoms with Crippen LogP contribution in [0.3, 0.4) is 0 Å². The zero-order valence-electron chi connectivity index (χ0n) is 6.94. The van der Waals surface area contributed by atoms with Gasteiger partial charge in [0.1, 0.15) is 0 Å². The molecule has 2 heteroatoms. The van der Waals surface area contributed by atoms with Crippen molar-refractivity contribution in [2.75, 3.05) is 0 Å². The number of nitrogens with one attached hydrogen (secondary N) is 1. The number of unbranched alkanes of at least 4 members (excludes halogenated alkanes) is 4. The standard InChI is InChI=1S/C9H16NO/c1-2-3-4-5-6-7-8-9(10)11/h2,10H,1,3-8H2. The molecule has 0 aliphatic heterocycles. The summed E-state index contributed by atoms with van der Waals surface area (Å²) in [6.07, 6.45) is 7.66. The van der Waals surface area contributed by atoms with Crippen LogP contribution in [-0.2, 0) is 4.79 Å². The van der Waals surface area contributed by atoms with Gasteiger partial charge in [-0.05, 0) is 19.3 Å². The fourth-order valence-corrected chi connectivity index (χ4v) is 0.928. The van der Waals surface area contributed by atoms with Crippen molar-refractivity contribution in [2.45, 2.75) is 38.5 Å². The van der Waals surface area contributed by atoms with Gasteiger partial charge < -0.3 is 0 Å². The maximum Gasteiger partial charge on any atom is 0.238 e. The molecule has 2 nitrogen and oxygen atoms in total. The number of carbonyl (C=O) groups is 1. The lowest BCUT2D eigenvalue weighted by Gasteiger charge is -1.95. The van der Waals surface area contributed by atoms with Gasteiger partial charge in [0.05, 0.1) is 0 Å². The summed E-state index contributed by atoms with van der Waals surface area (Å²) in [5.74, 6) is -0.436. The van der Waals surface area contributed by atoms with E-state index in [1.807, 2.05) is 6.08 Å². The summed E-state index contributed by atoms with van der Waals surface area (Å²) in [6, 6.07) is 0. The van der Waals surface area contributed by atoms with Crippen LogP contribution in [0, 0.1) is 0 Å². The van der Waals surface area contributed by atoms with Crippen LogP contribution in [0.5, 0.6) is 0 Å². The lowest BCUT2D eigenvalue weighted by Crippen LogP contribution is -1.96. The van der Waals surface area contributed by atoms with E-state index in [1.165, 1.54) is 0 Å². The van der Waals surface area contributed by atoms with Crippen LogP contribution in [0.15, 0.2) is 12.7 Å². The molecule has 0 unspecified atom stereocenters. The first-order valence-electron chi connectivity index (χ1n) is 4.12. The van der Waals surface area contributed by atoms with Crippen LogP contribution in [0.25, 0.3) is 0 Å². The predicted molar refractivity (Wildman–Crippen MR) is 46.0 cm³/mol. The van der Waals surface area contributed by atoms with E-state index >= 15 is 0 Å². The molecule has 1 N–H and O–H groups in total. The largest absolute Gasteiger partial charge is 0.273 e. The van der Waals surface area contributed by atoms with Crippen LogP contribution in [0.4, 0.5) is 0 Å². The van der Waals surface area contributed by atoms with Crippen molar-refractivity contribution in [1.29, 1.82) is 0 Å². The van der Waals surface area contributed by atoms with Crippen LogP contribution in [0.2, 0.25) is 0 Å². The van der Waals surface area contributed by atoms with Crippen LogP contribution < -0.4 is 5.73 Å². The molecule has 11 heavy (non-hydrogen) atoms. The number of amides is 1. The van der Waals surface area contributed by atoms with E-state index in [-0.39, 0.29) is 0 Å². The van der Waals surface area contributed by atoms with Gasteiger partial charge in [0.25, 0.3) is 0 Å². The molecule has 0 spiro atoms. The second kappa shape index (κ2) is 7.32. The Kier molecular flexibility index (Phi) is 6.79. The molecule has 0 aromatic heterocycles. The lowest BCUT2D eigenvalue weighted by molar-refractivity contribution is -0.118. The Morgan fingerprint density at radius 3 is 2.45 bits per heavy atom. The fraction of sp³-hybridized carbons (Fsp3) is 0.667. The summed E-state index contributed by atoms with van der Waals surface area (Å²) >= 11 is 0. The Hall–Kier alpha value is -0.790. The Labute approximate surface area is 68.5 Å². The number of rotatable bonds is 7. The molecule has 0 rings (SSSR count). The molecular formula is C9H16NO. The monoisotopic (exact) mass is 154 g/mol. The van der Waals surface area contributed by atoms with Crippen molar-refractivity contribution in [3.05, 3.63) is 12.7 Å². The van der Waals surface area contributed by atoms with Gasteiger partial charge in [0.2, 0.25) is 5.91 Å². The van der Waals surface area contributed by atoms with Gasteiger partial charge in [-0.15, -0.1) is 6.58 Å². The maximum absolute atomic E-state index is 10.2. The van der Waals surface area contributed by atoms with Crippen LogP contribution in [0.1, 0.15) is 38.5 Å². The summed E-state index contributed by atoms with van der Waals surface area (Å²) < 4.78 is 0. The molecule has 0 atom stereocenters. The first-order chi connectivity index (χ1) is 5.27. The molecule has 0 fully saturated rings.